The molecular formula is C29H41N3O5. The summed E-state index contributed by atoms with van der Waals surface area (Å²) in [6.07, 6.45) is 5.39. The summed E-state index contributed by atoms with van der Waals surface area (Å²) in [7, 11) is 1.58. The number of hydrogen-bond acceptors (Lipinski definition) is 6. The van der Waals surface area contributed by atoms with Crippen LogP contribution in [0.3, 0.4) is 0 Å². The van der Waals surface area contributed by atoms with Gasteiger partial charge in [0.2, 0.25) is 5.91 Å². The highest BCUT2D eigenvalue weighted by atomic mass is 16.5. The molecule has 1 aromatic carbocycles. The van der Waals surface area contributed by atoms with Crippen molar-refractivity contribution in [2.45, 2.75) is 94.5 Å². The van der Waals surface area contributed by atoms with Crippen LogP contribution in [-0.2, 0) is 19.1 Å². The summed E-state index contributed by atoms with van der Waals surface area (Å²) in [4.78, 5) is 44.2. The second kappa shape index (κ2) is 10.8. The minimum absolute atomic E-state index is 0.00117. The number of methoxy groups -OCH3 is 1. The average Bonchev–Trinajstić information content (AvgIpc) is 3.49. The number of hydrogen-bond donors (Lipinski definition) is 1. The van der Waals surface area contributed by atoms with Crippen molar-refractivity contribution in [1.82, 2.24) is 15.1 Å². The van der Waals surface area contributed by atoms with Crippen molar-refractivity contribution >= 4 is 17.6 Å². The Balaban J connectivity index is 1.29. The minimum Gasteiger partial charge on any atom is -0.377 e. The number of nitrogens with zero attached hydrogens (tertiary/aromatic N) is 2. The number of nitrogens with one attached hydrogen (secondary N) is 1. The van der Waals surface area contributed by atoms with E-state index >= 15 is 0 Å². The zero-order valence-corrected chi connectivity index (χ0v) is 22.4. The van der Waals surface area contributed by atoms with Crippen LogP contribution in [-0.4, -0.2) is 90.6 Å². The molecule has 3 saturated heterocycles. The van der Waals surface area contributed by atoms with Gasteiger partial charge in [0.1, 0.15) is 30.4 Å². The lowest BCUT2D eigenvalue weighted by Crippen LogP contribution is -2.62. The Bertz CT molecular complexity index is 995. The van der Waals surface area contributed by atoms with Crippen LogP contribution in [0.25, 0.3) is 0 Å². The van der Waals surface area contributed by atoms with Crippen LogP contribution in [0.15, 0.2) is 24.3 Å². The molecule has 3 atom stereocenters. The summed E-state index contributed by atoms with van der Waals surface area (Å²) in [6.45, 7) is 7.00. The van der Waals surface area contributed by atoms with Gasteiger partial charge in [-0.25, -0.2) is 0 Å². The van der Waals surface area contributed by atoms with Gasteiger partial charge in [0, 0.05) is 18.7 Å². The number of ketones is 1. The second-order valence-electron chi connectivity index (χ2n) is 11.5. The lowest BCUT2D eigenvalue weighted by molar-refractivity contribution is -0.143. The number of benzene rings is 1. The van der Waals surface area contributed by atoms with E-state index in [1.807, 2.05) is 12.1 Å². The zero-order chi connectivity index (χ0) is 26.2. The van der Waals surface area contributed by atoms with Crippen molar-refractivity contribution in [3.05, 3.63) is 35.4 Å². The van der Waals surface area contributed by atoms with Crippen LogP contribution in [0, 0.1) is 0 Å². The van der Waals surface area contributed by atoms with Crippen molar-refractivity contribution in [2.24, 2.45) is 0 Å². The number of carbonyl (C=O) groups is 3. The normalized spacial score (nSPS) is 28.5. The average molecular weight is 512 g/mol. The summed E-state index contributed by atoms with van der Waals surface area (Å²) >= 11 is 0. The molecular weight excluding hydrogens is 470 g/mol. The first-order chi connectivity index (χ1) is 17.8. The number of piperidine rings is 1. The van der Waals surface area contributed by atoms with Crippen LogP contribution < -0.4 is 5.32 Å². The number of carbonyl (C=O) groups excluding carboxylic acids is 3. The van der Waals surface area contributed by atoms with Crippen molar-refractivity contribution in [3.8, 4) is 0 Å². The van der Waals surface area contributed by atoms with Gasteiger partial charge in [-0.1, -0.05) is 31.4 Å². The molecule has 2 amide bonds. The fourth-order valence-corrected chi connectivity index (χ4v) is 6.80. The van der Waals surface area contributed by atoms with E-state index in [-0.39, 0.29) is 30.3 Å². The van der Waals surface area contributed by atoms with Crippen LogP contribution in [0.2, 0.25) is 0 Å². The first kappa shape index (κ1) is 26.3. The first-order valence-corrected chi connectivity index (χ1v) is 14.0. The predicted molar refractivity (Wildman–Crippen MR) is 139 cm³/mol. The van der Waals surface area contributed by atoms with Gasteiger partial charge in [-0.3, -0.25) is 14.4 Å². The monoisotopic (exact) mass is 511 g/mol. The summed E-state index contributed by atoms with van der Waals surface area (Å²) in [5.41, 5.74) is 0.834. The molecule has 0 spiro atoms. The van der Waals surface area contributed by atoms with E-state index in [1.165, 1.54) is 5.56 Å². The lowest BCUT2D eigenvalue weighted by atomic mass is 9.80. The molecule has 0 unspecified atom stereocenters. The van der Waals surface area contributed by atoms with Gasteiger partial charge in [-0.15, -0.1) is 0 Å². The molecule has 8 nitrogen and oxygen atoms in total. The first-order valence-electron chi connectivity index (χ1n) is 14.0. The highest BCUT2D eigenvalue weighted by Gasteiger charge is 2.56. The Morgan fingerprint density at radius 2 is 1.76 bits per heavy atom. The van der Waals surface area contributed by atoms with E-state index in [0.29, 0.717) is 36.9 Å². The maximum absolute atomic E-state index is 14.0. The van der Waals surface area contributed by atoms with Gasteiger partial charge >= 0.3 is 0 Å². The molecule has 1 aromatic rings. The summed E-state index contributed by atoms with van der Waals surface area (Å²) in [5, 5.41) is 3.14. The third-order valence-corrected chi connectivity index (χ3v) is 9.08. The number of fused-ring (bicyclic) bond motifs is 1. The molecule has 1 N–H and O–H groups in total. The standard InChI is InChI=1S/C29H41N3O5/c1-19(2)31-15-11-21(12-16-31)20-7-9-22(10-8-20)27(34)30-29(13-5-4-6-14-29)28(35)32-17-24(36-3)26-25(32)23(33)18-37-26/h7-10,19,21,24-26H,4-6,11-18H2,1-3H3,(H,30,34)/t24-,25+,26+/m0/s1. The Kier molecular flexibility index (Phi) is 7.70. The summed E-state index contributed by atoms with van der Waals surface area (Å²) in [6, 6.07) is 7.87. The van der Waals surface area contributed by atoms with Gasteiger partial charge in [0.05, 0.1) is 6.54 Å². The van der Waals surface area contributed by atoms with E-state index in [1.54, 1.807) is 12.0 Å². The Hall–Kier alpha value is -2.29. The summed E-state index contributed by atoms with van der Waals surface area (Å²) in [5.74, 6) is 0.0123. The van der Waals surface area contributed by atoms with E-state index in [2.05, 4.69) is 36.2 Å². The number of ether oxygens (including phenoxy) is 2. The van der Waals surface area contributed by atoms with E-state index in [4.69, 9.17) is 9.47 Å². The molecule has 3 aliphatic heterocycles. The predicted octanol–water partition coefficient (Wildman–Crippen LogP) is 2.90. The van der Waals surface area contributed by atoms with Crippen LogP contribution in [0.1, 0.15) is 80.6 Å². The number of amides is 2. The van der Waals surface area contributed by atoms with Crippen LogP contribution >= 0.6 is 0 Å². The third-order valence-electron chi connectivity index (χ3n) is 9.08. The molecule has 0 bridgehead atoms. The minimum atomic E-state index is -1.01. The van der Waals surface area contributed by atoms with Crippen molar-refractivity contribution in [2.75, 3.05) is 33.4 Å². The molecule has 37 heavy (non-hydrogen) atoms. The Labute approximate surface area is 220 Å². The van der Waals surface area contributed by atoms with Crippen LogP contribution in [0.4, 0.5) is 0 Å². The fourth-order valence-electron chi connectivity index (χ4n) is 6.80. The van der Waals surface area contributed by atoms with Gasteiger partial charge < -0.3 is 24.6 Å². The number of rotatable bonds is 6. The third kappa shape index (κ3) is 5.08. The molecule has 0 radical (unpaired) electrons. The molecule has 5 rings (SSSR count). The van der Waals surface area contributed by atoms with Crippen LogP contribution in [0.5, 0.6) is 0 Å². The van der Waals surface area contributed by atoms with Gasteiger partial charge in [0.25, 0.3) is 5.91 Å². The Morgan fingerprint density at radius 3 is 2.38 bits per heavy atom. The fraction of sp³-hybridized carbons (Fsp3) is 0.690. The van der Waals surface area contributed by atoms with E-state index in [0.717, 1.165) is 45.2 Å². The smallest absolute Gasteiger partial charge is 0.252 e. The quantitative estimate of drug-likeness (QED) is 0.632. The largest absolute Gasteiger partial charge is 0.377 e. The van der Waals surface area contributed by atoms with E-state index < -0.39 is 17.7 Å². The lowest BCUT2D eigenvalue weighted by Gasteiger charge is -2.40. The van der Waals surface area contributed by atoms with Crippen molar-refractivity contribution in [3.63, 3.8) is 0 Å². The summed E-state index contributed by atoms with van der Waals surface area (Å²) < 4.78 is 11.2. The zero-order valence-electron chi connectivity index (χ0n) is 22.4. The van der Waals surface area contributed by atoms with Crippen molar-refractivity contribution < 1.29 is 23.9 Å². The highest BCUT2D eigenvalue weighted by molar-refractivity contribution is 6.01. The molecule has 202 valence electrons. The molecule has 1 saturated carbocycles. The van der Waals surface area contributed by atoms with Gasteiger partial charge in [-0.05, 0) is 76.2 Å². The molecule has 8 heteroatoms. The molecule has 1 aliphatic carbocycles. The second-order valence-corrected chi connectivity index (χ2v) is 11.5. The maximum atomic E-state index is 14.0. The topological polar surface area (TPSA) is 88.2 Å². The number of Topliss-reactive ketones (excluding diaryl/α,β-unsaturated/α-hetero) is 1. The molecule has 4 fully saturated rings. The Morgan fingerprint density at radius 1 is 1.08 bits per heavy atom. The molecule has 0 aromatic heterocycles. The van der Waals surface area contributed by atoms with Gasteiger partial charge in [-0.2, -0.15) is 0 Å². The number of likely N-dealkylation sites (tertiary alicyclic amines) is 2. The molecule has 4 aliphatic rings. The SMILES string of the molecule is CO[C@H]1CN(C(=O)C2(NC(=O)c3ccc(C4CCN(C(C)C)CC4)cc3)CCCCC2)[C@@H]2C(=O)CO[C@H]12. The van der Waals surface area contributed by atoms with Gasteiger partial charge in [0.15, 0.2) is 5.78 Å². The molecule has 3 heterocycles. The maximum Gasteiger partial charge on any atom is 0.252 e. The highest BCUT2D eigenvalue weighted by Crippen LogP contribution is 2.36. The van der Waals surface area contributed by atoms with Crippen molar-refractivity contribution in [1.29, 1.82) is 0 Å². The van der Waals surface area contributed by atoms with E-state index in [9.17, 15) is 14.4 Å².